The van der Waals surface area contributed by atoms with Gasteiger partial charge in [0.25, 0.3) is 0 Å². The first-order chi connectivity index (χ1) is 13.4. The average molecular weight is 445 g/mol. The second-order valence-electron chi connectivity index (χ2n) is 6.15. The van der Waals surface area contributed by atoms with Crippen molar-refractivity contribution in [3.8, 4) is 0 Å². The van der Waals surface area contributed by atoms with Crippen LogP contribution in [0, 0.1) is 0 Å². The summed E-state index contributed by atoms with van der Waals surface area (Å²) in [6.07, 6.45) is 2.40. The van der Waals surface area contributed by atoms with Gasteiger partial charge in [-0.3, -0.25) is 9.13 Å². The van der Waals surface area contributed by atoms with Gasteiger partial charge >= 0.3 is 15.2 Å². The van der Waals surface area contributed by atoms with Gasteiger partial charge in [0.2, 0.25) is 0 Å². The lowest BCUT2D eigenvalue weighted by molar-refractivity contribution is 0.122. The zero-order valence-electron chi connectivity index (χ0n) is 18.4. The minimum Gasteiger partial charge on any atom is -0.381 e. The Hall–Kier alpha value is 0.220. The Morgan fingerprint density at radius 2 is 1.07 bits per heavy atom. The molecule has 0 spiro atoms. The van der Waals surface area contributed by atoms with Crippen molar-refractivity contribution in [1.29, 1.82) is 0 Å². The zero-order valence-corrected chi connectivity index (χ0v) is 20.2. The van der Waals surface area contributed by atoms with Crippen LogP contribution in [0.5, 0.6) is 0 Å². The number of hydrogen-bond acceptors (Lipinski definition) is 8. The Balaban J connectivity index is 4.83. The van der Waals surface area contributed by atoms with Crippen molar-refractivity contribution in [2.45, 2.75) is 47.5 Å². The Morgan fingerprint density at radius 1 is 0.643 bits per heavy atom. The van der Waals surface area contributed by atoms with Crippen LogP contribution in [0.1, 0.15) is 47.5 Å². The van der Waals surface area contributed by atoms with Gasteiger partial charge < -0.3 is 27.7 Å². The Labute approximate surface area is 171 Å². The maximum Gasteiger partial charge on any atom is 0.331 e. The monoisotopic (exact) mass is 445 g/mol. The summed E-state index contributed by atoms with van der Waals surface area (Å²) in [5.74, 6) is 0. The van der Waals surface area contributed by atoms with Crippen LogP contribution in [0.25, 0.3) is 0 Å². The molecule has 0 atom stereocenters. The number of nitrogens with zero attached hydrogens (tertiary/aromatic N) is 1. The van der Waals surface area contributed by atoms with Crippen molar-refractivity contribution in [1.82, 2.24) is 4.90 Å². The fraction of sp³-hybridized carbons (Fsp3) is 1.00. The lowest BCUT2D eigenvalue weighted by Crippen LogP contribution is -2.32. The van der Waals surface area contributed by atoms with Gasteiger partial charge in [-0.15, -0.1) is 0 Å². The standard InChI is InChI=1S/C18H41NO7P2/c1-6-15-22-16-11-12-19(13-17-27(20,23-7-2)24-8-3)14-18-28(21,25-9-4)26-10-5/h6-18H2,1-5H3. The maximum atomic E-state index is 12.7. The summed E-state index contributed by atoms with van der Waals surface area (Å²) >= 11 is 0. The molecule has 0 aliphatic heterocycles. The largest absolute Gasteiger partial charge is 0.381 e. The van der Waals surface area contributed by atoms with Crippen LogP contribution < -0.4 is 0 Å². The molecule has 0 aliphatic rings. The second kappa shape index (κ2) is 17.0. The van der Waals surface area contributed by atoms with Crippen molar-refractivity contribution in [3.05, 3.63) is 0 Å². The third-order valence-electron chi connectivity index (χ3n) is 3.79. The fourth-order valence-corrected chi connectivity index (χ4v) is 5.91. The van der Waals surface area contributed by atoms with Gasteiger partial charge in [0.1, 0.15) is 0 Å². The van der Waals surface area contributed by atoms with E-state index in [1.165, 1.54) is 0 Å². The summed E-state index contributed by atoms with van der Waals surface area (Å²) in [6, 6.07) is 0. The molecule has 0 rings (SSSR count). The first kappa shape index (κ1) is 28.2. The Morgan fingerprint density at radius 3 is 1.43 bits per heavy atom. The Kier molecular flexibility index (Phi) is 17.1. The average Bonchev–Trinajstić information content (AvgIpc) is 2.64. The predicted molar refractivity (Wildman–Crippen MR) is 114 cm³/mol. The molecule has 170 valence electrons. The van der Waals surface area contributed by atoms with E-state index in [-0.39, 0.29) is 12.3 Å². The van der Waals surface area contributed by atoms with Gasteiger partial charge in [-0.25, -0.2) is 0 Å². The summed E-state index contributed by atoms with van der Waals surface area (Å²) in [7, 11) is -6.23. The summed E-state index contributed by atoms with van der Waals surface area (Å²) in [5, 5.41) is 0. The molecule has 8 nitrogen and oxygen atoms in total. The van der Waals surface area contributed by atoms with Crippen LogP contribution in [0.4, 0.5) is 0 Å². The van der Waals surface area contributed by atoms with E-state index in [0.717, 1.165) is 26.0 Å². The molecule has 0 bridgehead atoms. The number of ether oxygens (including phenoxy) is 1. The molecule has 0 aromatic heterocycles. The van der Waals surface area contributed by atoms with Crippen LogP contribution in [0.2, 0.25) is 0 Å². The van der Waals surface area contributed by atoms with Crippen molar-refractivity contribution < 1.29 is 32.0 Å². The van der Waals surface area contributed by atoms with Crippen molar-refractivity contribution in [2.24, 2.45) is 0 Å². The lowest BCUT2D eigenvalue weighted by atomic mass is 10.4. The molecule has 0 unspecified atom stereocenters. The molecule has 0 amide bonds. The van der Waals surface area contributed by atoms with E-state index in [1.54, 1.807) is 27.7 Å². The minimum absolute atomic E-state index is 0.290. The molecule has 0 aromatic carbocycles. The van der Waals surface area contributed by atoms with Crippen molar-refractivity contribution >= 4 is 15.2 Å². The molecular formula is C18H41NO7P2. The summed E-state index contributed by atoms with van der Waals surface area (Å²) in [5.41, 5.74) is 0. The van der Waals surface area contributed by atoms with Gasteiger partial charge in [0, 0.05) is 32.8 Å². The molecule has 0 radical (unpaired) electrons. The minimum atomic E-state index is -3.12. The quantitative estimate of drug-likeness (QED) is 0.198. The smallest absolute Gasteiger partial charge is 0.331 e. The zero-order chi connectivity index (χ0) is 21.3. The van der Waals surface area contributed by atoms with E-state index in [1.807, 2.05) is 0 Å². The molecule has 0 N–H and O–H groups in total. The van der Waals surface area contributed by atoms with Gasteiger partial charge in [0.15, 0.2) is 0 Å². The van der Waals surface area contributed by atoms with Gasteiger partial charge in [-0.1, -0.05) is 6.92 Å². The summed E-state index contributed by atoms with van der Waals surface area (Å²) in [4.78, 5) is 2.10. The molecule has 28 heavy (non-hydrogen) atoms. The summed E-state index contributed by atoms with van der Waals surface area (Å²) in [6.45, 7) is 13.8. The van der Waals surface area contributed by atoms with Crippen LogP contribution in [-0.4, -0.2) is 76.5 Å². The topological polar surface area (TPSA) is 83.5 Å². The van der Waals surface area contributed by atoms with E-state index in [9.17, 15) is 9.13 Å². The van der Waals surface area contributed by atoms with Crippen LogP contribution >= 0.6 is 15.2 Å². The third-order valence-corrected chi connectivity index (χ3v) is 7.90. The molecule has 0 saturated heterocycles. The van der Waals surface area contributed by atoms with Crippen molar-refractivity contribution in [2.75, 3.05) is 71.6 Å². The van der Waals surface area contributed by atoms with Gasteiger partial charge in [-0.2, -0.15) is 0 Å². The van der Waals surface area contributed by atoms with E-state index in [2.05, 4.69) is 11.8 Å². The number of hydrogen-bond donors (Lipinski definition) is 0. The molecule has 0 aromatic rings. The highest BCUT2D eigenvalue weighted by atomic mass is 31.2. The molecule has 0 heterocycles. The summed E-state index contributed by atoms with van der Waals surface area (Å²) < 4.78 is 52.5. The van der Waals surface area contributed by atoms with Crippen LogP contribution in [0.15, 0.2) is 0 Å². The number of rotatable bonds is 20. The second-order valence-corrected chi connectivity index (χ2v) is 10.5. The van der Waals surface area contributed by atoms with E-state index in [4.69, 9.17) is 22.8 Å². The molecule has 10 heteroatoms. The highest BCUT2D eigenvalue weighted by Crippen LogP contribution is 2.49. The van der Waals surface area contributed by atoms with Gasteiger partial charge in [-0.05, 0) is 40.5 Å². The maximum absolute atomic E-state index is 12.7. The molecule has 0 saturated carbocycles. The highest BCUT2D eigenvalue weighted by Gasteiger charge is 2.27. The predicted octanol–water partition coefficient (Wildman–Crippen LogP) is 4.64. The molecular weight excluding hydrogens is 404 g/mol. The normalized spacial score (nSPS) is 12.8. The fourth-order valence-electron chi connectivity index (χ4n) is 2.62. The van der Waals surface area contributed by atoms with Crippen molar-refractivity contribution in [3.63, 3.8) is 0 Å². The molecule has 0 aliphatic carbocycles. The first-order valence-electron chi connectivity index (χ1n) is 10.4. The van der Waals surface area contributed by atoms with Crippen LogP contribution in [-0.2, 0) is 32.0 Å². The van der Waals surface area contributed by atoms with E-state index < -0.39 is 15.2 Å². The Bertz CT molecular complexity index is 411. The SMILES string of the molecule is CCCOCCCN(CCP(=O)(OCC)OCC)CCP(=O)(OCC)OCC. The molecule has 0 fully saturated rings. The first-order valence-corrected chi connectivity index (χ1v) is 13.9. The third kappa shape index (κ3) is 13.4. The highest BCUT2D eigenvalue weighted by molar-refractivity contribution is 7.54. The lowest BCUT2D eigenvalue weighted by Gasteiger charge is -2.26. The van der Waals surface area contributed by atoms with E-state index >= 15 is 0 Å². The van der Waals surface area contributed by atoms with Crippen LogP contribution in [0.3, 0.4) is 0 Å². The van der Waals surface area contributed by atoms with E-state index in [0.29, 0.717) is 46.1 Å². The van der Waals surface area contributed by atoms with Gasteiger partial charge in [0.05, 0.1) is 38.8 Å².